The van der Waals surface area contributed by atoms with Crippen LogP contribution in [0.15, 0.2) is 60.7 Å². The molecular weight excluding hydrogens is 390 g/mol. The third-order valence-electron chi connectivity index (χ3n) is 8.13. The average Bonchev–Trinajstić information content (AvgIpc) is 2.92. The molecule has 0 spiro atoms. The molecule has 0 aromatic heterocycles. The summed E-state index contributed by atoms with van der Waals surface area (Å²) in [6.07, 6.45) is 0. The Bertz CT molecular complexity index is 1340. The maximum atomic E-state index is 13.8. The molecule has 2 bridgehead atoms. The molecule has 5 heteroatoms. The van der Waals surface area contributed by atoms with Crippen molar-refractivity contribution in [1.82, 2.24) is 4.90 Å². The van der Waals surface area contributed by atoms with Crippen LogP contribution in [-0.4, -0.2) is 34.3 Å². The van der Waals surface area contributed by atoms with Crippen LogP contribution in [0.3, 0.4) is 0 Å². The van der Waals surface area contributed by atoms with Crippen molar-refractivity contribution in [1.29, 1.82) is 0 Å². The number of amides is 2. The molecular formula is C26H21NO4. The van der Waals surface area contributed by atoms with E-state index in [2.05, 4.69) is 30.3 Å². The number of carboxylic acids is 1. The summed E-state index contributed by atoms with van der Waals surface area (Å²) in [5.41, 5.74) is 2.19. The topological polar surface area (TPSA) is 74.7 Å². The summed E-state index contributed by atoms with van der Waals surface area (Å²) in [5, 5.41) is 11.6. The molecule has 1 saturated heterocycles. The molecule has 5 nitrogen and oxygen atoms in total. The van der Waals surface area contributed by atoms with Gasteiger partial charge in [-0.2, -0.15) is 0 Å². The number of hydrogen-bond donors (Lipinski definition) is 1. The first-order valence-corrected chi connectivity index (χ1v) is 10.5. The van der Waals surface area contributed by atoms with Crippen LogP contribution in [0.1, 0.15) is 47.9 Å². The normalized spacial score (nSPS) is 30.3. The zero-order chi connectivity index (χ0) is 21.7. The Balaban J connectivity index is 1.74. The molecule has 1 heterocycles. The first-order valence-electron chi connectivity index (χ1n) is 10.5. The maximum Gasteiger partial charge on any atom is 0.323 e. The predicted octanol–water partition coefficient (Wildman–Crippen LogP) is 3.90. The van der Waals surface area contributed by atoms with E-state index >= 15 is 0 Å². The number of benzene rings is 3. The lowest BCUT2D eigenvalue weighted by Crippen LogP contribution is -2.56. The highest BCUT2D eigenvalue weighted by Gasteiger charge is 2.75. The molecule has 1 aliphatic heterocycles. The van der Waals surface area contributed by atoms with Crippen LogP contribution in [0.5, 0.6) is 0 Å². The molecule has 1 N–H and O–H groups in total. The quantitative estimate of drug-likeness (QED) is 0.649. The number of fused-ring (bicyclic) bond motifs is 1. The molecule has 1 fully saturated rings. The Morgan fingerprint density at radius 1 is 0.839 bits per heavy atom. The zero-order valence-electron chi connectivity index (χ0n) is 17.3. The lowest BCUT2D eigenvalue weighted by Gasteiger charge is -2.57. The summed E-state index contributed by atoms with van der Waals surface area (Å²) in [6, 6.07) is 20.3. The molecule has 31 heavy (non-hydrogen) atoms. The molecule has 0 unspecified atom stereocenters. The summed E-state index contributed by atoms with van der Waals surface area (Å²) < 4.78 is 0. The summed E-state index contributed by atoms with van der Waals surface area (Å²) in [7, 11) is 0. The van der Waals surface area contributed by atoms with Gasteiger partial charge in [-0.25, -0.2) is 0 Å². The zero-order valence-corrected chi connectivity index (χ0v) is 17.3. The lowest BCUT2D eigenvalue weighted by molar-refractivity contribution is -0.150. The van der Waals surface area contributed by atoms with Crippen molar-refractivity contribution >= 4 is 28.6 Å². The third kappa shape index (κ3) is 1.86. The SMILES string of the molecule is C[C@@]12C(=O)N(CC(=O)O)C(=O)[C@@]1(C)[C@@H]1c3ccccc3[C@@H]2c2ccc3ccccc3c21. The van der Waals surface area contributed by atoms with Gasteiger partial charge >= 0.3 is 5.97 Å². The Labute approximate surface area is 179 Å². The van der Waals surface area contributed by atoms with E-state index in [1.54, 1.807) is 0 Å². The van der Waals surface area contributed by atoms with E-state index in [4.69, 9.17) is 0 Å². The Morgan fingerprint density at radius 2 is 1.42 bits per heavy atom. The van der Waals surface area contributed by atoms with E-state index in [1.165, 1.54) is 0 Å². The van der Waals surface area contributed by atoms with Crippen molar-refractivity contribution in [2.24, 2.45) is 10.8 Å². The molecule has 3 aliphatic carbocycles. The van der Waals surface area contributed by atoms with Gasteiger partial charge in [-0.05, 0) is 46.9 Å². The summed E-state index contributed by atoms with van der Waals surface area (Å²) in [6.45, 7) is 3.13. The van der Waals surface area contributed by atoms with Crippen LogP contribution in [0, 0.1) is 10.8 Å². The number of carbonyl (C=O) groups is 3. The molecule has 7 rings (SSSR count). The summed E-state index contributed by atoms with van der Waals surface area (Å²) in [4.78, 5) is 40.0. The molecule has 2 amide bonds. The average molecular weight is 411 g/mol. The van der Waals surface area contributed by atoms with Gasteiger partial charge in [0.25, 0.3) is 0 Å². The van der Waals surface area contributed by atoms with Crippen LogP contribution in [0.2, 0.25) is 0 Å². The number of imide groups is 1. The second-order valence-corrected chi connectivity index (χ2v) is 9.28. The second-order valence-electron chi connectivity index (χ2n) is 9.28. The Morgan fingerprint density at radius 3 is 2.10 bits per heavy atom. The largest absolute Gasteiger partial charge is 0.480 e. The maximum absolute atomic E-state index is 13.8. The number of hydrogen-bond acceptors (Lipinski definition) is 3. The van der Waals surface area contributed by atoms with E-state index in [0.717, 1.165) is 37.9 Å². The number of likely N-dealkylation sites (tertiary alicyclic amines) is 1. The minimum Gasteiger partial charge on any atom is -0.480 e. The molecule has 154 valence electrons. The van der Waals surface area contributed by atoms with Crippen molar-refractivity contribution in [2.75, 3.05) is 6.54 Å². The highest BCUT2D eigenvalue weighted by Crippen LogP contribution is 2.73. The monoisotopic (exact) mass is 411 g/mol. The van der Waals surface area contributed by atoms with Gasteiger partial charge in [-0.15, -0.1) is 0 Å². The van der Waals surface area contributed by atoms with Crippen LogP contribution in [0.25, 0.3) is 10.8 Å². The van der Waals surface area contributed by atoms with E-state index in [1.807, 2.05) is 44.2 Å². The molecule has 3 aromatic carbocycles. The minimum atomic E-state index is -1.18. The van der Waals surface area contributed by atoms with Gasteiger partial charge in [-0.1, -0.05) is 60.7 Å². The van der Waals surface area contributed by atoms with Crippen LogP contribution >= 0.6 is 0 Å². The van der Waals surface area contributed by atoms with Gasteiger partial charge < -0.3 is 5.11 Å². The number of rotatable bonds is 2. The van der Waals surface area contributed by atoms with Gasteiger partial charge in [0.05, 0.1) is 10.8 Å². The van der Waals surface area contributed by atoms with Crippen molar-refractivity contribution in [2.45, 2.75) is 25.7 Å². The van der Waals surface area contributed by atoms with E-state index in [0.29, 0.717) is 0 Å². The second kappa shape index (κ2) is 5.61. The van der Waals surface area contributed by atoms with Gasteiger partial charge in [0.1, 0.15) is 6.54 Å². The molecule has 0 saturated carbocycles. The number of aliphatic carboxylic acids is 1. The molecule has 4 atom stereocenters. The van der Waals surface area contributed by atoms with Crippen molar-refractivity contribution in [3.63, 3.8) is 0 Å². The summed E-state index contributed by atoms with van der Waals surface area (Å²) >= 11 is 0. The van der Waals surface area contributed by atoms with Crippen molar-refractivity contribution in [3.05, 3.63) is 82.9 Å². The highest BCUT2D eigenvalue weighted by molar-refractivity contribution is 6.14. The highest BCUT2D eigenvalue weighted by atomic mass is 16.4. The van der Waals surface area contributed by atoms with Crippen molar-refractivity contribution < 1.29 is 19.5 Å². The minimum absolute atomic E-state index is 0.312. The first kappa shape index (κ1) is 18.3. The van der Waals surface area contributed by atoms with E-state index < -0.39 is 23.3 Å². The number of carboxylic acid groups (broad SMARTS) is 1. The fourth-order valence-electron chi connectivity index (χ4n) is 6.69. The molecule has 0 radical (unpaired) electrons. The van der Waals surface area contributed by atoms with Gasteiger partial charge in [0, 0.05) is 11.8 Å². The van der Waals surface area contributed by atoms with Crippen LogP contribution in [-0.2, 0) is 14.4 Å². The lowest BCUT2D eigenvalue weighted by atomic mass is 9.42. The Hall–Kier alpha value is -3.47. The fourth-order valence-corrected chi connectivity index (χ4v) is 6.69. The van der Waals surface area contributed by atoms with Gasteiger partial charge in [0.2, 0.25) is 11.8 Å². The van der Waals surface area contributed by atoms with E-state index in [9.17, 15) is 19.5 Å². The fraction of sp³-hybridized carbons (Fsp3) is 0.269. The van der Waals surface area contributed by atoms with E-state index in [-0.39, 0.29) is 23.7 Å². The van der Waals surface area contributed by atoms with Crippen molar-refractivity contribution in [3.8, 4) is 0 Å². The Kier molecular flexibility index (Phi) is 3.31. The molecule has 3 aromatic rings. The molecule has 4 aliphatic rings. The smallest absolute Gasteiger partial charge is 0.323 e. The van der Waals surface area contributed by atoms with Gasteiger partial charge in [0.15, 0.2) is 0 Å². The van der Waals surface area contributed by atoms with Crippen LogP contribution < -0.4 is 0 Å². The number of nitrogens with zero attached hydrogens (tertiary/aromatic N) is 1. The van der Waals surface area contributed by atoms with Crippen LogP contribution in [0.4, 0.5) is 0 Å². The first-order chi connectivity index (χ1) is 14.8. The van der Waals surface area contributed by atoms with Gasteiger partial charge in [-0.3, -0.25) is 19.3 Å². The third-order valence-corrected chi connectivity index (χ3v) is 8.13. The predicted molar refractivity (Wildman–Crippen MR) is 115 cm³/mol. The standard InChI is InChI=1S/C26H21NO4/c1-25-21-16-9-5-6-10-17(16)22(20-15-8-4-3-7-14(15)11-12-18(20)21)26(25,2)24(31)27(23(25)30)13-19(28)29/h3-12,21-22H,13H2,1-2H3,(H,28,29)/t21-,22-,25-,26-/m1/s1. The summed E-state index contributed by atoms with van der Waals surface area (Å²) in [5.74, 6) is -2.58. The number of carbonyl (C=O) groups excluding carboxylic acids is 2.